The summed E-state index contributed by atoms with van der Waals surface area (Å²) in [5, 5.41) is 0. The highest BCUT2D eigenvalue weighted by molar-refractivity contribution is 7.99. The Labute approximate surface area is 262 Å². The minimum Gasteiger partial charge on any atom is -0.429 e. The average Bonchev–Trinajstić information content (AvgIpc) is 2.99. The summed E-state index contributed by atoms with van der Waals surface area (Å²) in [4.78, 5) is 1.06. The second-order valence-corrected chi connectivity index (χ2v) is 11.4. The van der Waals surface area contributed by atoms with E-state index >= 15 is 4.39 Å². The molecule has 0 heterocycles. The van der Waals surface area contributed by atoms with E-state index in [1.165, 1.54) is 18.2 Å². The molecule has 0 aromatic heterocycles. The lowest BCUT2D eigenvalue weighted by Gasteiger charge is -2.20. The summed E-state index contributed by atoms with van der Waals surface area (Å²) in [5.74, 6) is -10.5. The Balaban J connectivity index is 1.36. The van der Waals surface area contributed by atoms with Gasteiger partial charge in [-0.15, -0.1) is 11.8 Å². The molecule has 0 fully saturated rings. The molecule has 0 unspecified atom stereocenters. The molecule has 11 heteroatoms. The Hall–Kier alpha value is -4.38. The van der Waals surface area contributed by atoms with Gasteiger partial charge < -0.3 is 4.74 Å². The Morgan fingerprint density at radius 3 is 1.61 bits per heavy atom. The van der Waals surface area contributed by atoms with Crippen molar-refractivity contribution in [3.63, 3.8) is 0 Å². The number of unbranched alkanes of at least 4 members (excludes halogenated alkanes) is 1. The summed E-state index contributed by atoms with van der Waals surface area (Å²) in [6.45, 7) is 2.10. The molecule has 0 aliphatic rings. The first-order valence-electron chi connectivity index (χ1n) is 13.9. The smallest absolute Gasteiger partial charge is 0.429 e. The third kappa shape index (κ3) is 7.04. The summed E-state index contributed by atoms with van der Waals surface area (Å²) in [7, 11) is 0. The van der Waals surface area contributed by atoms with Gasteiger partial charge in [0.05, 0.1) is 0 Å². The molecule has 0 amide bonds. The van der Waals surface area contributed by atoms with Crippen LogP contribution in [0.3, 0.4) is 0 Å². The third-order valence-corrected chi connectivity index (χ3v) is 8.15. The van der Waals surface area contributed by atoms with Crippen LogP contribution in [0.2, 0.25) is 0 Å². The molecule has 0 N–H and O–H groups in total. The van der Waals surface area contributed by atoms with Crippen molar-refractivity contribution in [1.29, 1.82) is 0 Å². The third-order valence-electron chi connectivity index (χ3n) is 7.05. The van der Waals surface area contributed by atoms with E-state index in [0.29, 0.717) is 41.5 Å². The number of hydrogen-bond donors (Lipinski definition) is 0. The molecule has 0 saturated heterocycles. The zero-order chi connectivity index (χ0) is 33.2. The van der Waals surface area contributed by atoms with E-state index in [4.69, 9.17) is 0 Å². The van der Waals surface area contributed by atoms with Crippen molar-refractivity contribution in [2.45, 2.75) is 30.8 Å². The minimum atomic E-state index is -4.67. The standard InChI is InChI=1S/C35H23F9OS/c1-2-3-12-46-24-8-4-19(5-9-24)20-6-10-25(27(36)13-20)21-14-29(38)33(30(39)15-21)35(43,44)45-23-7-11-26(28(37)18-23)22-16-31(40)34(42)32(41)17-22/h4-11,13-18H,2-3,12H2,1H3. The quantitative estimate of drug-likeness (QED) is 0.0637. The molecule has 5 aromatic rings. The minimum absolute atomic E-state index is 0.240. The molecule has 5 aromatic carbocycles. The van der Waals surface area contributed by atoms with Crippen LogP contribution in [0.25, 0.3) is 33.4 Å². The fraction of sp³-hybridized carbons (Fsp3) is 0.143. The van der Waals surface area contributed by atoms with Crippen LogP contribution in [0.4, 0.5) is 39.5 Å². The van der Waals surface area contributed by atoms with Gasteiger partial charge in [-0.2, -0.15) is 8.78 Å². The maximum Gasteiger partial charge on any atom is 0.432 e. The number of ether oxygens (including phenoxy) is 1. The summed E-state index contributed by atoms with van der Waals surface area (Å²) >= 11 is 1.70. The fourth-order valence-electron chi connectivity index (χ4n) is 4.72. The predicted molar refractivity (Wildman–Crippen MR) is 159 cm³/mol. The van der Waals surface area contributed by atoms with Gasteiger partial charge in [-0.05, 0) is 89.0 Å². The number of thioether (sulfide) groups is 1. The van der Waals surface area contributed by atoms with E-state index in [1.54, 1.807) is 11.8 Å². The molecule has 1 nitrogen and oxygen atoms in total. The summed E-state index contributed by atoms with van der Waals surface area (Å²) in [6.07, 6.45) is -2.51. The first kappa shape index (κ1) is 33.0. The van der Waals surface area contributed by atoms with Gasteiger partial charge in [-0.25, -0.2) is 30.7 Å². The highest BCUT2D eigenvalue weighted by atomic mass is 32.2. The molecule has 0 aliphatic carbocycles. The molecule has 0 atom stereocenters. The first-order chi connectivity index (χ1) is 21.9. The Morgan fingerprint density at radius 2 is 1.07 bits per heavy atom. The summed E-state index contributed by atoms with van der Waals surface area (Å²) in [6, 6.07) is 15.5. The molecular weight excluding hydrogens is 639 g/mol. The van der Waals surface area contributed by atoms with Gasteiger partial charge in [0.1, 0.15) is 34.6 Å². The lowest BCUT2D eigenvalue weighted by Crippen LogP contribution is -2.25. The van der Waals surface area contributed by atoms with E-state index in [9.17, 15) is 35.1 Å². The lowest BCUT2D eigenvalue weighted by atomic mass is 9.98. The van der Waals surface area contributed by atoms with Crippen LogP contribution in [0.1, 0.15) is 25.3 Å². The number of alkyl halides is 2. The number of halogens is 9. The van der Waals surface area contributed by atoms with E-state index in [-0.39, 0.29) is 11.1 Å². The molecule has 0 aliphatic heterocycles. The van der Waals surface area contributed by atoms with Gasteiger partial charge >= 0.3 is 6.11 Å². The van der Waals surface area contributed by atoms with Crippen LogP contribution in [0.15, 0.2) is 89.8 Å². The van der Waals surface area contributed by atoms with E-state index in [2.05, 4.69) is 11.7 Å². The van der Waals surface area contributed by atoms with E-state index < -0.39 is 69.3 Å². The first-order valence-corrected chi connectivity index (χ1v) is 14.9. The Bertz CT molecular complexity index is 1840. The normalized spacial score (nSPS) is 11.6. The second kappa shape index (κ2) is 13.5. The van der Waals surface area contributed by atoms with Gasteiger partial charge in [0.2, 0.25) is 0 Å². The van der Waals surface area contributed by atoms with Crippen molar-refractivity contribution in [1.82, 2.24) is 0 Å². The van der Waals surface area contributed by atoms with Crippen molar-refractivity contribution in [2.24, 2.45) is 0 Å². The molecule has 0 saturated carbocycles. The lowest BCUT2D eigenvalue weighted by molar-refractivity contribution is -0.189. The Morgan fingerprint density at radius 1 is 0.565 bits per heavy atom. The van der Waals surface area contributed by atoms with Gasteiger partial charge in [0, 0.05) is 22.1 Å². The molecule has 5 rings (SSSR count). The predicted octanol–water partition coefficient (Wildman–Crippen LogP) is 11.7. The Kier molecular flexibility index (Phi) is 9.71. The van der Waals surface area contributed by atoms with Crippen LogP contribution in [0.5, 0.6) is 5.75 Å². The van der Waals surface area contributed by atoms with Crippen LogP contribution < -0.4 is 4.74 Å². The van der Waals surface area contributed by atoms with Crippen molar-refractivity contribution in [3.05, 3.63) is 131 Å². The van der Waals surface area contributed by atoms with Crippen LogP contribution in [-0.4, -0.2) is 5.75 Å². The fourth-order valence-corrected chi connectivity index (χ4v) is 5.71. The second-order valence-electron chi connectivity index (χ2n) is 10.3. The van der Waals surface area contributed by atoms with Gasteiger partial charge in [-0.3, -0.25) is 0 Å². The average molecular weight is 663 g/mol. The maximum absolute atomic E-state index is 15.1. The largest absolute Gasteiger partial charge is 0.432 e. The van der Waals surface area contributed by atoms with Gasteiger partial charge in [0.25, 0.3) is 0 Å². The monoisotopic (exact) mass is 662 g/mol. The molecule has 238 valence electrons. The molecule has 46 heavy (non-hydrogen) atoms. The van der Waals surface area contributed by atoms with Crippen molar-refractivity contribution < 1.29 is 44.3 Å². The zero-order valence-corrected chi connectivity index (χ0v) is 24.7. The topological polar surface area (TPSA) is 9.23 Å². The zero-order valence-electron chi connectivity index (χ0n) is 23.9. The van der Waals surface area contributed by atoms with E-state index in [1.807, 2.05) is 24.3 Å². The molecular formula is C35H23F9OS. The van der Waals surface area contributed by atoms with Crippen LogP contribution in [0, 0.1) is 40.7 Å². The SMILES string of the molecule is CCCCSc1ccc(-c2ccc(-c3cc(F)c(C(F)(F)Oc4ccc(-c5cc(F)c(F)c(F)c5)c(F)c4)c(F)c3)c(F)c2)cc1. The maximum atomic E-state index is 15.1. The van der Waals surface area contributed by atoms with Crippen LogP contribution in [-0.2, 0) is 6.11 Å². The molecule has 0 spiro atoms. The highest BCUT2D eigenvalue weighted by Crippen LogP contribution is 2.39. The van der Waals surface area contributed by atoms with E-state index in [0.717, 1.165) is 35.6 Å². The van der Waals surface area contributed by atoms with Crippen molar-refractivity contribution in [3.8, 4) is 39.1 Å². The van der Waals surface area contributed by atoms with Crippen LogP contribution >= 0.6 is 11.8 Å². The number of hydrogen-bond acceptors (Lipinski definition) is 2. The number of rotatable bonds is 10. The molecule has 0 radical (unpaired) electrons. The van der Waals surface area contributed by atoms with Crippen molar-refractivity contribution in [2.75, 3.05) is 5.75 Å². The number of benzene rings is 5. The summed E-state index contributed by atoms with van der Waals surface area (Å²) in [5.41, 5.74) is -2.12. The van der Waals surface area contributed by atoms with Crippen molar-refractivity contribution >= 4 is 11.8 Å². The highest BCUT2D eigenvalue weighted by Gasteiger charge is 2.41. The summed E-state index contributed by atoms with van der Waals surface area (Å²) < 4.78 is 135. The van der Waals surface area contributed by atoms with Gasteiger partial charge in [-0.1, -0.05) is 37.6 Å². The molecule has 0 bridgehead atoms. The van der Waals surface area contributed by atoms with Gasteiger partial charge in [0.15, 0.2) is 17.5 Å².